The lowest BCUT2D eigenvalue weighted by molar-refractivity contribution is -0.123. The van der Waals surface area contributed by atoms with Crippen molar-refractivity contribution in [3.63, 3.8) is 0 Å². The molecule has 0 unspecified atom stereocenters. The predicted molar refractivity (Wildman–Crippen MR) is 93.1 cm³/mol. The van der Waals surface area contributed by atoms with Gasteiger partial charge >= 0.3 is 0 Å². The Morgan fingerprint density at radius 1 is 1.09 bits per heavy atom. The zero-order valence-corrected chi connectivity index (χ0v) is 14.0. The molecule has 2 rings (SSSR count). The average molecular weight is 310 g/mol. The highest BCUT2D eigenvalue weighted by molar-refractivity contribution is 5.85. The van der Waals surface area contributed by atoms with Crippen LogP contribution in [0.1, 0.15) is 27.8 Å². The molecule has 0 fully saturated rings. The molecular weight excluding hydrogens is 288 g/mol. The minimum absolute atomic E-state index is 0.0615. The molecule has 0 heterocycles. The van der Waals surface area contributed by atoms with Crippen molar-refractivity contribution < 1.29 is 9.53 Å². The van der Waals surface area contributed by atoms with Gasteiger partial charge in [0.05, 0.1) is 6.21 Å². The number of rotatable bonds is 5. The van der Waals surface area contributed by atoms with E-state index >= 15 is 0 Å². The lowest BCUT2D eigenvalue weighted by Gasteiger charge is -2.08. The highest BCUT2D eigenvalue weighted by Gasteiger charge is 2.04. The summed E-state index contributed by atoms with van der Waals surface area (Å²) in [4.78, 5) is 11.8. The lowest BCUT2D eigenvalue weighted by atomic mass is 10.0. The number of amides is 1. The van der Waals surface area contributed by atoms with E-state index < -0.39 is 0 Å². The highest BCUT2D eigenvalue weighted by atomic mass is 16.5. The van der Waals surface area contributed by atoms with Crippen LogP contribution in [0.5, 0.6) is 5.75 Å². The largest absolute Gasteiger partial charge is 0.483 e. The van der Waals surface area contributed by atoms with Gasteiger partial charge in [-0.25, -0.2) is 5.43 Å². The van der Waals surface area contributed by atoms with Gasteiger partial charge in [0.25, 0.3) is 5.91 Å². The minimum atomic E-state index is -0.285. The van der Waals surface area contributed by atoms with Gasteiger partial charge in [-0.15, -0.1) is 0 Å². The number of hydrogen-bond acceptors (Lipinski definition) is 3. The molecule has 0 saturated carbocycles. The SMILES string of the molecule is Cc1cc(C)c(/C=N\NC(=O)COc2ccccc2C)c(C)c1. The van der Waals surface area contributed by atoms with Crippen molar-refractivity contribution in [3.8, 4) is 5.75 Å². The molecule has 4 nitrogen and oxygen atoms in total. The Bertz CT molecular complexity index is 713. The quantitative estimate of drug-likeness (QED) is 0.679. The fourth-order valence-electron chi connectivity index (χ4n) is 2.46. The first kappa shape index (κ1) is 16.7. The predicted octanol–water partition coefficient (Wildman–Crippen LogP) is 3.45. The molecule has 0 radical (unpaired) electrons. The van der Waals surface area contributed by atoms with Gasteiger partial charge in [0, 0.05) is 5.56 Å². The molecule has 0 aromatic heterocycles. The van der Waals surface area contributed by atoms with Crippen LogP contribution in [0, 0.1) is 27.7 Å². The summed E-state index contributed by atoms with van der Waals surface area (Å²) in [5.74, 6) is 0.420. The Morgan fingerprint density at radius 2 is 1.74 bits per heavy atom. The van der Waals surface area contributed by atoms with Crippen molar-refractivity contribution in [1.29, 1.82) is 0 Å². The molecular formula is C19H22N2O2. The number of benzene rings is 2. The van der Waals surface area contributed by atoms with E-state index in [0.717, 1.165) is 22.3 Å². The van der Waals surface area contributed by atoms with E-state index in [1.54, 1.807) is 6.21 Å². The molecule has 1 N–H and O–H groups in total. The van der Waals surface area contributed by atoms with Gasteiger partial charge in [-0.2, -0.15) is 5.10 Å². The molecule has 23 heavy (non-hydrogen) atoms. The summed E-state index contributed by atoms with van der Waals surface area (Å²) in [5.41, 5.74) is 8.00. The van der Waals surface area contributed by atoms with Crippen LogP contribution >= 0.6 is 0 Å². The molecule has 0 bridgehead atoms. The lowest BCUT2D eigenvalue weighted by Crippen LogP contribution is -2.24. The van der Waals surface area contributed by atoms with Gasteiger partial charge in [0.15, 0.2) is 6.61 Å². The Kier molecular flexibility index (Phi) is 5.52. The minimum Gasteiger partial charge on any atom is -0.483 e. The van der Waals surface area contributed by atoms with Crippen LogP contribution < -0.4 is 10.2 Å². The Hall–Kier alpha value is -2.62. The van der Waals surface area contributed by atoms with Gasteiger partial charge in [-0.05, 0) is 50.5 Å². The van der Waals surface area contributed by atoms with Crippen LogP contribution in [-0.2, 0) is 4.79 Å². The summed E-state index contributed by atoms with van der Waals surface area (Å²) in [6.07, 6.45) is 1.68. The fourth-order valence-corrected chi connectivity index (χ4v) is 2.46. The number of carbonyl (C=O) groups is 1. The zero-order valence-electron chi connectivity index (χ0n) is 14.0. The zero-order chi connectivity index (χ0) is 16.8. The molecule has 4 heteroatoms. The number of ether oxygens (including phenoxy) is 1. The number of hydrogen-bond donors (Lipinski definition) is 1. The fraction of sp³-hybridized carbons (Fsp3) is 0.263. The molecule has 0 atom stereocenters. The van der Waals surface area contributed by atoms with Crippen molar-refractivity contribution in [3.05, 3.63) is 64.2 Å². The summed E-state index contributed by atoms with van der Waals surface area (Å²) in [7, 11) is 0. The normalized spacial score (nSPS) is 10.8. The second-order valence-corrected chi connectivity index (χ2v) is 5.66. The number of nitrogens with zero attached hydrogens (tertiary/aromatic N) is 1. The van der Waals surface area contributed by atoms with Crippen LogP contribution in [0.3, 0.4) is 0 Å². The van der Waals surface area contributed by atoms with Crippen molar-refractivity contribution in [1.82, 2.24) is 5.43 Å². The number of nitrogens with one attached hydrogen (secondary N) is 1. The third-order valence-corrected chi connectivity index (χ3v) is 3.57. The Morgan fingerprint density at radius 3 is 2.39 bits per heavy atom. The highest BCUT2D eigenvalue weighted by Crippen LogP contribution is 2.16. The third kappa shape index (κ3) is 4.68. The van der Waals surface area contributed by atoms with Gasteiger partial charge in [0.1, 0.15) is 5.75 Å². The molecule has 0 spiro atoms. The van der Waals surface area contributed by atoms with E-state index in [4.69, 9.17) is 4.74 Å². The molecule has 120 valence electrons. The topological polar surface area (TPSA) is 50.7 Å². The molecule has 2 aromatic rings. The maximum absolute atomic E-state index is 11.8. The van der Waals surface area contributed by atoms with E-state index in [1.165, 1.54) is 5.56 Å². The maximum Gasteiger partial charge on any atom is 0.277 e. The molecule has 0 aliphatic carbocycles. The van der Waals surface area contributed by atoms with Crippen molar-refractivity contribution in [2.75, 3.05) is 6.61 Å². The number of aryl methyl sites for hydroxylation is 4. The van der Waals surface area contributed by atoms with E-state index in [-0.39, 0.29) is 12.5 Å². The Labute approximate surface area is 137 Å². The van der Waals surface area contributed by atoms with Crippen LogP contribution in [0.2, 0.25) is 0 Å². The maximum atomic E-state index is 11.8. The van der Waals surface area contributed by atoms with Crippen LogP contribution in [-0.4, -0.2) is 18.7 Å². The first-order chi connectivity index (χ1) is 11.0. The second-order valence-electron chi connectivity index (χ2n) is 5.66. The summed E-state index contributed by atoms with van der Waals surface area (Å²) in [6.45, 7) is 8.00. The Balaban J connectivity index is 1.91. The summed E-state index contributed by atoms with van der Waals surface area (Å²) >= 11 is 0. The first-order valence-corrected chi connectivity index (χ1v) is 7.55. The number of para-hydroxylation sites is 1. The third-order valence-electron chi connectivity index (χ3n) is 3.57. The smallest absolute Gasteiger partial charge is 0.277 e. The van der Waals surface area contributed by atoms with E-state index in [1.807, 2.05) is 45.0 Å². The molecule has 0 aliphatic heterocycles. The number of hydrazone groups is 1. The molecule has 0 aliphatic rings. The molecule has 0 saturated heterocycles. The van der Waals surface area contributed by atoms with Crippen molar-refractivity contribution >= 4 is 12.1 Å². The van der Waals surface area contributed by atoms with Crippen molar-refractivity contribution in [2.24, 2.45) is 5.10 Å². The van der Waals surface area contributed by atoms with Gasteiger partial charge in [-0.3, -0.25) is 4.79 Å². The van der Waals surface area contributed by atoms with Gasteiger partial charge in [-0.1, -0.05) is 35.9 Å². The standard InChI is InChI=1S/C19H22N2O2/c1-13-9-15(3)17(16(4)10-13)11-20-21-19(22)12-23-18-8-6-5-7-14(18)2/h5-11H,12H2,1-4H3,(H,21,22)/b20-11-. The second kappa shape index (κ2) is 7.58. The number of carbonyl (C=O) groups excluding carboxylic acids is 1. The summed E-state index contributed by atoms with van der Waals surface area (Å²) < 4.78 is 5.48. The van der Waals surface area contributed by atoms with E-state index in [0.29, 0.717) is 5.75 Å². The summed E-state index contributed by atoms with van der Waals surface area (Å²) in [5, 5.41) is 4.02. The monoisotopic (exact) mass is 310 g/mol. The first-order valence-electron chi connectivity index (χ1n) is 7.55. The average Bonchev–Trinajstić information content (AvgIpc) is 2.49. The van der Waals surface area contributed by atoms with Crippen LogP contribution in [0.25, 0.3) is 0 Å². The molecule has 2 aromatic carbocycles. The van der Waals surface area contributed by atoms with Crippen molar-refractivity contribution in [2.45, 2.75) is 27.7 Å². The summed E-state index contributed by atoms with van der Waals surface area (Å²) in [6, 6.07) is 11.8. The van der Waals surface area contributed by atoms with Gasteiger partial charge in [0.2, 0.25) is 0 Å². The van der Waals surface area contributed by atoms with Gasteiger partial charge < -0.3 is 4.74 Å². The van der Waals surface area contributed by atoms with E-state index in [9.17, 15) is 4.79 Å². The molecule has 1 amide bonds. The van der Waals surface area contributed by atoms with E-state index in [2.05, 4.69) is 29.6 Å². The van der Waals surface area contributed by atoms with Crippen LogP contribution in [0.15, 0.2) is 41.5 Å². The van der Waals surface area contributed by atoms with Crippen LogP contribution in [0.4, 0.5) is 0 Å².